The lowest BCUT2D eigenvalue weighted by Gasteiger charge is -2.36. The third-order valence-corrected chi connectivity index (χ3v) is 6.74. The van der Waals surface area contributed by atoms with E-state index in [1.54, 1.807) is 36.3 Å². The van der Waals surface area contributed by atoms with Crippen LogP contribution in [0, 0.1) is 6.92 Å². The first-order valence-corrected chi connectivity index (χ1v) is 11.0. The Bertz CT molecular complexity index is 1410. The summed E-state index contributed by atoms with van der Waals surface area (Å²) in [6.07, 6.45) is 0.485. The number of hydrogen-bond acceptors (Lipinski definition) is 3. The van der Waals surface area contributed by atoms with Crippen molar-refractivity contribution in [3.05, 3.63) is 95.2 Å². The second-order valence-corrected chi connectivity index (χ2v) is 8.66. The number of nitrogens with one attached hydrogen (secondary N) is 1. The van der Waals surface area contributed by atoms with E-state index in [2.05, 4.69) is 17.1 Å². The highest BCUT2D eigenvalue weighted by Gasteiger charge is 2.53. The SMILES string of the molecule is COc1ccc(N2C(=O)[C@@H]3Cc4c([nH]c5ccccc45)[C@@H](c4cccc(C)c4)N3C2=O)cc1. The zero-order valence-corrected chi connectivity index (χ0v) is 18.4. The summed E-state index contributed by atoms with van der Waals surface area (Å²) in [6.45, 7) is 2.04. The molecule has 4 aromatic rings. The molecule has 33 heavy (non-hydrogen) atoms. The van der Waals surface area contributed by atoms with E-state index < -0.39 is 6.04 Å². The number of hydrogen-bond donors (Lipinski definition) is 1. The number of aromatic amines is 1. The first-order valence-electron chi connectivity index (χ1n) is 11.0. The molecule has 6 nitrogen and oxygen atoms in total. The molecule has 1 saturated heterocycles. The molecule has 6 rings (SSSR count). The van der Waals surface area contributed by atoms with Crippen molar-refractivity contribution in [2.45, 2.75) is 25.4 Å². The molecule has 3 aromatic carbocycles. The Morgan fingerprint density at radius 3 is 2.52 bits per heavy atom. The normalized spacial score (nSPS) is 19.7. The summed E-state index contributed by atoms with van der Waals surface area (Å²) in [5.74, 6) is 0.480. The molecule has 164 valence electrons. The molecule has 0 aliphatic carbocycles. The number of H-pyrrole nitrogens is 1. The summed E-state index contributed by atoms with van der Waals surface area (Å²) in [5.41, 5.74) is 5.76. The maximum absolute atomic E-state index is 13.8. The molecule has 0 unspecified atom stereocenters. The summed E-state index contributed by atoms with van der Waals surface area (Å²) < 4.78 is 5.24. The number of urea groups is 1. The van der Waals surface area contributed by atoms with Crippen LogP contribution in [0.25, 0.3) is 10.9 Å². The van der Waals surface area contributed by atoms with E-state index in [1.807, 2.05) is 43.3 Å². The van der Waals surface area contributed by atoms with Crippen molar-refractivity contribution >= 4 is 28.5 Å². The molecule has 1 aromatic heterocycles. The fourth-order valence-corrected chi connectivity index (χ4v) is 5.23. The lowest BCUT2D eigenvalue weighted by atomic mass is 9.88. The van der Waals surface area contributed by atoms with Crippen LogP contribution >= 0.6 is 0 Å². The number of amides is 3. The zero-order valence-electron chi connectivity index (χ0n) is 18.4. The van der Waals surface area contributed by atoms with E-state index in [1.165, 1.54) is 4.90 Å². The molecule has 2 aliphatic rings. The molecule has 2 atom stereocenters. The number of carbonyl (C=O) groups is 2. The van der Waals surface area contributed by atoms with Gasteiger partial charge >= 0.3 is 6.03 Å². The van der Waals surface area contributed by atoms with Crippen LogP contribution in [-0.4, -0.2) is 35.0 Å². The molecule has 0 bridgehead atoms. The van der Waals surface area contributed by atoms with Gasteiger partial charge in [0.15, 0.2) is 0 Å². The van der Waals surface area contributed by atoms with E-state index in [0.717, 1.165) is 33.3 Å². The second kappa shape index (κ2) is 7.24. The number of benzene rings is 3. The molecule has 0 spiro atoms. The minimum atomic E-state index is -0.558. The first-order chi connectivity index (χ1) is 16.1. The van der Waals surface area contributed by atoms with Gasteiger partial charge in [0.1, 0.15) is 17.8 Å². The van der Waals surface area contributed by atoms with Gasteiger partial charge in [0, 0.05) is 23.0 Å². The Hall–Kier alpha value is -4.06. The van der Waals surface area contributed by atoms with Crippen LogP contribution in [0.2, 0.25) is 0 Å². The summed E-state index contributed by atoms with van der Waals surface area (Å²) in [7, 11) is 1.59. The third-order valence-electron chi connectivity index (χ3n) is 6.74. The number of rotatable bonds is 3. The van der Waals surface area contributed by atoms with Gasteiger partial charge in [-0.3, -0.25) is 9.69 Å². The predicted molar refractivity (Wildman–Crippen MR) is 127 cm³/mol. The molecule has 6 heteroatoms. The standard InChI is InChI=1S/C27H23N3O3/c1-16-6-5-7-17(14-16)25-24-21(20-8-3-4-9-22(20)28-24)15-23-26(31)29(27(32)30(23)25)18-10-12-19(33-2)13-11-18/h3-14,23,25,28H,15H2,1-2H3/t23-,25+/m0/s1. The Balaban J connectivity index is 1.52. The summed E-state index contributed by atoms with van der Waals surface area (Å²) in [5, 5.41) is 1.10. The van der Waals surface area contributed by atoms with Gasteiger partial charge in [-0.15, -0.1) is 0 Å². The summed E-state index contributed by atoms with van der Waals surface area (Å²) in [6, 6.07) is 22.1. The fraction of sp³-hybridized carbons (Fsp3) is 0.185. The van der Waals surface area contributed by atoms with Gasteiger partial charge in [-0.25, -0.2) is 9.69 Å². The number of carbonyl (C=O) groups excluding carboxylic acids is 2. The highest BCUT2D eigenvalue weighted by Crippen LogP contribution is 2.45. The largest absolute Gasteiger partial charge is 0.497 e. The monoisotopic (exact) mass is 437 g/mol. The van der Waals surface area contributed by atoms with Crippen molar-refractivity contribution in [3.63, 3.8) is 0 Å². The lowest BCUT2D eigenvalue weighted by molar-refractivity contribution is -0.120. The van der Waals surface area contributed by atoms with Crippen molar-refractivity contribution < 1.29 is 14.3 Å². The smallest absolute Gasteiger partial charge is 0.332 e. The number of imide groups is 1. The van der Waals surface area contributed by atoms with Gasteiger partial charge in [0.2, 0.25) is 0 Å². The molecule has 2 aliphatic heterocycles. The van der Waals surface area contributed by atoms with Crippen LogP contribution in [0.3, 0.4) is 0 Å². The van der Waals surface area contributed by atoms with Gasteiger partial charge in [-0.05, 0) is 48.4 Å². The quantitative estimate of drug-likeness (QED) is 0.461. The molecule has 0 radical (unpaired) electrons. The van der Waals surface area contributed by atoms with E-state index in [-0.39, 0.29) is 18.0 Å². The maximum atomic E-state index is 13.8. The fourth-order valence-electron chi connectivity index (χ4n) is 5.23. The van der Waals surface area contributed by atoms with Crippen LogP contribution in [-0.2, 0) is 11.2 Å². The van der Waals surface area contributed by atoms with E-state index in [4.69, 9.17) is 4.74 Å². The molecule has 3 amide bonds. The Labute approximate surface area is 191 Å². The number of fused-ring (bicyclic) bond motifs is 4. The van der Waals surface area contributed by atoms with E-state index in [9.17, 15) is 9.59 Å². The first kappa shape index (κ1) is 19.6. The molecule has 1 N–H and O–H groups in total. The van der Waals surface area contributed by atoms with Gasteiger partial charge in [0.05, 0.1) is 12.8 Å². The maximum Gasteiger partial charge on any atom is 0.332 e. The van der Waals surface area contributed by atoms with Gasteiger partial charge < -0.3 is 9.72 Å². The third kappa shape index (κ3) is 2.87. The highest BCUT2D eigenvalue weighted by molar-refractivity contribution is 6.22. The number of methoxy groups -OCH3 is 1. The Morgan fingerprint density at radius 1 is 0.970 bits per heavy atom. The summed E-state index contributed by atoms with van der Waals surface area (Å²) >= 11 is 0. The minimum absolute atomic E-state index is 0.196. The Kier molecular flexibility index (Phi) is 4.30. The van der Waals surface area contributed by atoms with Gasteiger partial charge in [-0.2, -0.15) is 0 Å². The molecule has 3 heterocycles. The zero-order chi connectivity index (χ0) is 22.7. The van der Waals surface area contributed by atoms with Crippen molar-refractivity contribution in [3.8, 4) is 5.75 Å². The number of ether oxygens (including phenoxy) is 1. The lowest BCUT2D eigenvalue weighted by Crippen LogP contribution is -2.44. The van der Waals surface area contributed by atoms with Crippen molar-refractivity contribution in [1.29, 1.82) is 0 Å². The predicted octanol–water partition coefficient (Wildman–Crippen LogP) is 4.97. The van der Waals surface area contributed by atoms with Crippen LogP contribution in [0.4, 0.5) is 10.5 Å². The number of aromatic nitrogens is 1. The topological polar surface area (TPSA) is 65.6 Å². The molecular formula is C27H23N3O3. The summed E-state index contributed by atoms with van der Waals surface area (Å²) in [4.78, 5) is 34.0. The average molecular weight is 437 g/mol. The minimum Gasteiger partial charge on any atom is -0.497 e. The highest BCUT2D eigenvalue weighted by atomic mass is 16.5. The number of nitrogens with zero attached hydrogens (tertiary/aromatic N) is 2. The van der Waals surface area contributed by atoms with E-state index >= 15 is 0 Å². The number of para-hydroxylation sites is 1. The van der Waals surface area contributed by atoms with Crippen molar-refractivity contribution in [1.82, 2.24) is 9.88 Å². The second-order valence-electron chi connectivity index (χ2n) is 8.66. The Morgan fingerprint density at radius 2 is 1.76 bits per heavy atom. The number of anilines is 1. The van der Waals surface area contributed by atoms with Crippen molar-refractivity contribution in [2.75, 3.05) is 12.0 Å². The van der Waals surface area contributed by atoms with Crippen LogP contribution in [0.15, 0.2) is 72.8 Å². The molecule has 1 fully saturated rings. The molecular weight excluding hydrogens is 414 g/mol. The van der Waals surface area contributed by atoms with Crippen molar-refractivity contribution in [2.24, 2.45) is 0 Å². The average Bonchev–Trinajstić information content (AvgIpc) is 3.32. The van der Waals surface area contributed by atoms with Gasteiger partial charge in [-0.1, -0.05) is 48.0 Å². The van der Waals surface area contributed by atoms with Crippen LogP contribution < -0.4 is 9.64 Å². The molecule has 0 saturated carbocycles. The number of aryl methyl sites for hydroxylation is 1. The van der Waals surface area contributed by atoms with Gasteiger partial charge in [0.25, 0.3) is 5.91 Å². The van der Waals surface area contributed by atoms with E-state index in [0.29, 0.717) is 17.9 Å². The van der Waals surface area contributed by atoms with Crippen LogP contribution in [0.1, 0.15) is 28.4 Å². The van der Waals surface area contributed by atoms with Crippen LogP contribution in [0.5, 0.6) is 5.75 Å².